The lowest BCUT2D eigenvalue weighted by molar-refractivity contribution is 0.0596. The molecule has 1 aliphatic heterocycles. The van der Waals surface area contributed by atoms with Gasteiger partial charge in [-0.2, -0.15) is 0 Å². The quantitative estimate of drug-likeness (QED) is 0.833. The van der Waals surface area contributed by atoms with Gasteiger partial charge in [0.25, 0.3) is 0 Å². The van der Waals surface area contributed by atoms with Gasteiger partial charge in [-0.1, -0.05) is 42.5 Å². The predicted molar refractivity (Wildman–Crippen MR) is 65.3 cm³/mol. The van der Waals surface area contributed by atoms with Crippen molar-refractivity contribution in [3.63, 3.8) is 0 Å². The number of hydrogen-bond donors (Lipinski definition) is 1. The first-order chi connectivity index (χ1) is 6.95. The van der Waals surface area contributed by atoms with E-state index in [1.807, 2.05) is 18.2 Å². The number of rotatable bonds is 2. The Kier molecular flexibility index (Phi) is 5.40. The molecule has 0 radical (unpaired) electrons. The fraction of sp³-hybridized carbons (Fsp3) is 0.333. The van der Waals surface area contributed by atoms with Gasteiger partial charge in [0.1, 0.15) is 0 Å². The maximum Gasteiger partial charge on any atom is 0.0884 e. The Morgan fingerprint density at radius 2 is 2.07 bits per heavy atom. The van der Waals surface area contributed by atoms with Gasteiger partial charge in [-0.15, -0.1) is 12.4 Å². The summed E-state index contributed by atoms with van der Waals surface area (Å²) in [5.41, 5.74) is 1.22. The van der Waals surface area contributed by atoms with Crippen molar-refractivity contribution in [2.24, 2.45) is 0 Å². The third kappa shape index (κ3) is 4.04. The largest absolute Gasteiger partial charge is 0.371 e. The van der Waals surface area contributed by atoms with Gasteiger partial charge in [-0.05, 0) is 5.56 Å². The van der Waals surface area contributed by atoms with Crippen LogP contribution in [-0.4, -0.2) is 25.8 Å². The summed E-state index contributed by atoms with van der Waals surface area (Å²) in [5, 5.41) is 3.29. The van der Waals surface area contributed by atoms with Crippen molar-refractivity contribution in [1.29, 1.82) is 0 Å². The Morgan fingerprint density at radius 3 is 2.73 bits per heavy atom. The number of ether oxygens (including phenoxy) is 1. The summed E-state index contributed by atoms with van der Waals surface area (Å²) in [7, 11) is 0. The maximum absolute atomic E-state index is 5.55. The van der Waals surface area contributed by atoms with Gasteiger partial charge < -0.3 is 10.1 Å². The summed E-state index contributed by atoms with van der Waals surface area (Å²) in [4.78, 5) is 0. The molecule has 15 heavy (non-hydrogen) atoms. The van der Waals surface area contributed by atoms with Crippen LogP contribution in [-0.2, 0) is 4.74 Å². The average Bonchev–Trinajstić information content (AvgIpc) is 2.29. The zero-order valence-electron chi connectivity index (χ0n) is 8.56. The molecule has 1 atom stereocenters. The van der Waals surface area contributed by atoms with E-state index in [1.165, 1.54) is 5.56 Å². The lowest BCUT2D eigenvalue weighted by Gasteiger charge is -2.20. The highest BCUT2D eigenvalue weighted by molar-refractivity contribution is 5.85. The second kappa shape index (κ2) is 6.62. The van der Waals surface area contributed by atoms with Crippen LogP contribution in [0.25, 0.3) is 6.08 Å². The molecule has 0 bridgehead atoms. The molecule has 0 amide bonds. The van der Waals surface area contributed by atoms with E-state index in [0.29, 0.717) is 0 Å². The van der Waals surface area contributed by atoms with Crippen LogP contribution < -0.4 is 5.32 Å². The second-order valence-corrected chi connectivity index (χ2v) is 3.38. The average molecular weight is 226 g/mol. The predicted octanol–water partition coefficient (Wildman–Crippen LogP) is 2.11. The highest BCUT2D eigenvalue weighted by atomic mass is 35.5. The molecule has 1 fully saturated rings. The van der Waals surface area contributed by atoms with Crippen LogP contribution in [0.15, 0.2) is 36.4 Å². The van der Waals surface area contributed by atoms with Crippen LogP contribution in [0, 0.1) is 0 Å². The molecule has 1 heterocycles. The van der Waals surface area contributed by atoms with Crippen LogP contribution in [0.1, 0.15) is 5.56 Å². The number of hydrogen-bond acceptors (Lipinski definition) is 2. The molecule has 1 unspecified atom stereocenters. The maximum atomic E-state index is 5.55. The number of halogens is 1. The fourth-order valence-corrected chi connectivity index (χ4v) is 1.49. The molecular formula is C12H16ClNO. The van der Waals surface area contributed by atoms with Crippen molar-refractivity contribution in [3.8, 4) is 0 Å². The van der Waals surface area contributed by atoms with Crippen LogP contribution in [0.2, 0.25) is 0 Å². The van der Waals surface area contributed by atoms with Gasteiger partial charge in [0.15, 0.2) is 0 Å². The summed E-state index contributed by atoms with van der Waals surface area (Å²) < 4.78 is 5.55. The van der Waals surface area contributed by atoms with Crippen molar-refractivity contribution in [2.45, 2.75) is 6.10 Å². The van der Waals surface area contributed by atoms with Gasteiger partial charge in [0.05, 0.1) is 12.7 Å². The molecule has 1 N–H and O–H groups in total. The van der Waals surface area contributed by atoms with Crippen molar-refractivity contribution in [3.05, 3.63) is 42.0 Å². The van der Waals surface area contributed by atoms with E-state index in [9.17, 15) is 0 Å². The third-order valence-electron chi connectivity index (χ3n) is 2.26. The third-order valence-corrected chi connectivity index (χ3v) is 2.26. The standard InChI is InChI=1S/C12H15NO.ClH/c1-2-4-11(5-3-1)6-7-12-10-13-8-9-14-12;/h1-7,12-13H,8-10H2;1H. The van der Waals surface area contributed by atoms with E-state index in [1.54, 1.807) is 0 Å². The molecule has 1 aromatic carbocycles. The minimum atomic E-state index is 0. The van der Waals surface area contributed by atoms with Gasteiger partial charge in [-0.25, -0.2) is 0 Å². The van der Waals surface area contributed by atoms with Crippen LogP contribution in [0.3, 0.4) is 0 Å². The molecular weight excluding hydrogens is 210 g/mol. The summed E-state index contributed by atoms with van der Waals surface area (Å²) in [6.45, 7) is 2.70. The van der Waals surface area contributed by atoms with Crippen molar-refractivity contribution in [2.75, 3.05) is 19.7 Å². The van der Waals surface area contributed by atoms with Crippen LogP contribution >= 0.6 is 12.4 Å². The molecule has 82 valence electrons. The molecule has 3 heteroatoms. The molecule has 0 saturated carbocycles. The zero-order valence-corrected chi connectivity index (χ0v) is 9.37. The summed E-state index contributed by atoms with van der Waals surface area (Å²) >= 11 is 0. The lowest BCUT2D eigenvalue weighted by Crippen LogP contribution is -2.37. The van der Waals surface area contributed by atoms with Crippen LogP contribution in [0.5, 0.6) is 0 Å². The minimum Gasteiger partial charge on any atom is -0.371 e. The van der Waals surface area contributed by atoms with E-state index in [4.69, 9.17) is 4.74 Å². The Bertz CT molecular complexity index is 294. The monoisotopic (exact) mass is 225 g/mol. The Hall–Kier alpha value is -0.830. The minimum absolute atomic E-state index is 0. The molecule has 2 rings (SSSR count). The molecule has 0 aromatic heterocycles. The molecule has 2 nitrogen and oxygen atoms in total. The molecule has 0 aliphatic carbocycles. The highest BCUT2D eigenvalue weighted by Gasteiger charge is 2.08. The van der Waals surface area contributed by atoms with Gasteiger partial charge in [0.2, 0.25) is 0 Å². The van der Waals surface area contributed by atoms with E-state index in [-0.39, 0.29) is 18.5 Å². The Balaban J connectivity index is 0.00000112. The molecule has 1 saturated heterocycles. The van der Waals surface area contributed by atoms with Crippen molar-refractivity contribution >= 4 is 18.5 Å². The number of morpholine rings is 1. The smallest absolute Gasteiger partial charge is 0.0884 e. The molecule has 1 aromatic rings. The number of benzene rings is 1. The molecule has 0 spiro atoms. The Labute approximate surface area is 96.7 Å². The van der Waals surface area contributed by atoms with Crippen molar-refractivity contribution in [1.82, 2.24) is 5.32 Å². The van der Waals surface area contributed by atoms with Gasteiger partial charge in [-0.3, -0.25) is 0 Å². The van der Waals surface area contributed by atoms with Crippen molar-refractivity contribution < 1.29 is 4.74 Å². The second-order valence-electron chi connectivity index (χ2n) is 3.38. The first-order valence-electron chi connectivity index (χ1n) is 5.01. The van der Waals surface area contributed by atoms with E-state index < -0.39 is 0 Å². The van der Waals surface area contributed by atoms with E-state index in [2.05, 4.69) is 29.6 Å². The van der Waals surface area contributed by atoms with Gasteiger partial charge >= 0.3 is 0 Å². The van der Waals surface area contributed by atoms with Gasteiger partial charge in [0, 0.05) is 13.1 Å². The summed E-state index contributed by atoms with van der Waals surface area (Å²) in [6.07, 6.45) is 4.45. The van der Waals surface area contributed by atoms with E-state index >= 15 is 0 Å². The van der Waals surface area contributed by atoms with E-state index in [0.717, 1.165) is 19.7 Å². The first kappa shape index (κ1) is 12.2. The number of nitrogens with one attached hydrogen (secondary N) is 1. The summed E-state index contributed by atoms with van der Waals surface area (Å²) in [6, 6.07) is 10.3. The Morgan fingerprint density at radius 1 is 1.27 bits per heavy atom. The highest BCUT2D eigenvalue weighted by Crippen LogP contribution is 2.04. The summed E-state index contributed by atoms with van der Waals surface area (Å²) in [5.74, 6) is 0. The molecule has 1 aliphatic rings. The fourth-order valence-electron chi connectivity index (χ4n) is 1.49. The van der Waals surface area contributed by atoms with Crippen LogP contribution in [0.4, 0.5) is 0 Å². The first-order valence-corrected chi connectivity index (χ1v) is 5.01. The topological polar surface area (TPSA) is 21.3 Å². The SMILES string of the molecule is C(=CC1CNCCO1)c1ccccc1.Cl. The zero-order chi connectivity index (χ0) is 9.64. The normalized spacial score (nSPS) is 21.2. The lowest BCUT2D eigenvalue weighted by atomic mass is 10.2.